The average molecular weight is 255 g/mol. The van der Waals surface area contributed by atoms with E-state index >= 15 is 0 Å². The first-order valence-corrected chi connectivity index (χ1v) is 6.74. The summed E-state index contributed by atoms with van der Waals surface area (Å²) in [5.74, 6) is 1.76. The van der Waals surface area contributed by atoms with Crippen molar-refractivity contribution >= 4 is 0 Å². The zero-order valence-electron chi connectivity index (χ0n) is 11.8. The summed E-state index contributed by atoms with van der Waals surface area (Å²) in [6.45, 7) is 4.24. The quantitative estimate of drug-likeness (QED) is 0.851. The molecule has 0 spiro atoms. The van der Waals surface area contributed by atoms with Crippen molar-refractivity contribution in [3.05, 3.63) is 59.7 Å². The third-order valence-corrected chi connectivity index (χ3v) is 3.26. The third kappa shape index (κ3) is 3.58. The van der Waals surface area contributed by atoms with Crippen LogP contribution >= 0.6 is 0 Å². The number of nitrogens with one attached hydrogen (secondary N) is 1. The van der Waals surface area contributed by atoms with Gasteiger partial charge in [-0.05, 0) is 55.8 Å². The lowest BCUT2D eigenvalue weighted by Crippen LogP contribution is -2.14. The number of hydrogen-bond donors (Lipinski definition) is 1. The molecule has 2 aromatic rings. The molecule has 0 aliphatic carbocycles. The van der Waals surface area contributed by atoms with Crippen LogP contribution in [0.4, 0.5) is 0 Å². The molecule has 1 atom stereocenters. The number of benzene rings is 2. The number of aryl methyl sites for hydroxylation is 1. The summed E-state index contributed by atoms with van der Waals surface area (Å²) in [4.78, 5) is 0. The fraction of sp³-hybridized carbons (Fsp3) is 0.294. The van der Waals surface area contributed by atoms with Crippen LogP contribution in [0.5, 0.6) is 11.5 Å². The second-order valence-corrected chi connectivity index (χ2v) is 4.74. The second kappa shape index (κ2) is 6.39. The van der Waals surface area contributed by atoms with Crippen LogP contribution in [-0.2, 0) is 0 Å². The van der Waals surface area contributed by atoms with Crippen molar-refractivity contribution in [1.82, 2.24) is 5.32 Å². The highest BCUT2D eigenvalue weighted by Gasteiger charge is 2.06. The predicted molar refractivity (Wildman–Crippen MR) is 79.8 cm³/mol. The van der Waals surface area contributed by atoms with Crippen LogP contribution in [0.2, 0.25) is 0 Å². The fourth-order valence-corrected chi connectivity index (χ4v) is 2.19. The highest BCUT2D eigenvalue weighted by atomic mass is 16.5. The van der Waals surface area contributed by atoms with E-state index in [4.69, 9.17) is 4.74 Å². The predicted octanol–water partition coefficient (Wildman–Crippen LogP) is 4.46. The fourth-order valence-electron chi connectivity index (χ4n) is 2.19. The first-order valence-electron chi connectivity index (χ1n) is 6.74. The van der Waals surface area contributed by atoms with Crippen LogP contribution < -0.4 is 10.1 Å². The molecule has 0 amide bonds. The van der Waals surface area contributed by atoms with E-state index in [0.717, 1.165) is 17.9 Å². The van der Waals surface area contributed by atoms with Gasteiger partial charge in [-0.3, -0.25) is 0 Å². The lowest BCUT2D eigenvalue weighted by atomic mass is 10.0. The molecule has 0 saturated carbocycles. The molecule has 19 heavy (non-hydrogen) atoms. The van der Waals surface area contributed by atoms with Gasteiger partial charge in [0.2, 0.25) is 0 Å². The molecule has 0 radical (unpaired) electrons. The first kappa shape index (κ1) is 13.6. The molecule has 0 aromatic heterocycles. The van der Waals surface area contributed by atoms with Gasteiger partial charge in [0.05, 0.1) is 0 Å². The van der Waals surface area contributed by atoms with Crippen molar-refractivity contribution in [1.29, 1.82) is 0 Å². The van der Waals surface area contributed by atoms with Crippen LogP contribution in [0.25, 0.3) is 0 Å². The Morgan fingerprint density at radius 3 is 2.37 bits per heavy atom. The van der Waals surface area contributed by atoms with Gasteiger partial charge < -0.3 is 10.1 Å². The Labute approximate surface area is 115 Å². The molecule has 2 rings (SSSR count). The van der Waals surface area contributed by atoms with E-state index in [1.807, 2.05) is 37.4 Å². The minimum Gasteiger partial charge on any atom is -0.457 e. The zero-order chi connectivity index (χ0) is 13.7. The standard InChI is InChI=1S/C17H21NO/c1-4-17(18-3)14-8-10-15(11-9-14)19-16-7-5-6-13(2)12-16/h5-12,17-18H,4H2,1-3H3. The number of rotatable bonds is 5. The van der Waals surface area contributed by atoms with Crippen LogP contribution in [0.15, 0.2) is 48.5 Å². The molecule has 0 bridgehead atoms. The summed E-state index contributed by atoms with van der Waals surface area (Å²) < 4.78 is 5.84. The largest absolute Gasteiger partial charge is 0.457 e. The first-order chi connectivity index (χ1) is 9.22. The van der Waals surface area contributed by atoms with Crippen LogP contribution in [0.1, 0.15) is 30.5 Å². The minimum atomic E-state index is 0.410. The topological polar surface area (TPSA) is 21.3 Å². The Balaban J connectivity index is 2.10. The lowest BCUT2D eigenvalue weighted by Gasteiger charge is -2.14. The van der Waals surface area contributed by atoms with Crippen molar-refractivity contribution in [2.75, 3.05) is 7.05 Å². The third-order valence-electron chi connectivity index (χ3n) is 3.26. The van der Waals surface area contributed by atoms with Gasteiger partial charge in [0.1, 0.15) is 11.5 Å². The molecule has 1 unspecified atom stereocenters. The summed E-state index contributed by atoms with van der Waals surface area (Å²) in [6.07, 6.45) is 1.08. The van der Waals surface area contributed by atoms with Crippen LogP contribution in [0, 0.1) is 6.92 Å². The zero-order valence-corrected chi connectivity index (χ0v) is 11.8. The molecule has 0 saturated heterocycles. The molecule has 1 N–H and O–H groups in total. The number of ether oxygens (including phenoxy) is 1. The van der Waals surface area contributed by atoms with E-state index in [0.29, 0.717) is 6.04 Å². The molecule has 0 fully saturated rings. The maximum Gasteiger partial charge on any atom is 0.127 e. The monoisotopic (exact) mass is 255 g/mol. The summed E-state index contributed by atoms with van der Waals surface area (Å²) >= 11 is 0. The Hall–Kier alpha value is -1.80. The van der Waals surface area contributed by atoms with Crippen molar-refractivity contribution in [3.63, 3.8) is 0 Å². The van der Waals surface area contributed by atoms with Gasteiger partial charge in [-0.2, -0.15) is 0 Å². The van der Waals surface area contributed by atoms with Gasteiger partial charge in [-0.25, -0.2) is 0 Å². The average Bonchev–Trinajstić information content (AvgIpc) is 2.42. The molecule has 2 nitrogen and oxygen atoms in total. The Morgan fingerprint density at radius 1 is 1.05 bits per heavy atom. The van der Waals surface area contributed by atoms with E-state index < -0.39 is 0 Å². The van der Waals surface area contributed by atoms with Gasteiger partial charge in [0.25, 0.3) is 0 Å². The van der Waals surface area contributed by atoms with Gasteiger partial charge in [0.15, 0.2) is 0 Å². The van der Waals surface area contributed by atoms with E-state index in [1.54, 1.807) is 0 Å². The molecule has 0 aliphatic heterocycles. The summed E-state index contributed by atoms with van der Waals surface area (Å²) in [7, 11) is 1.99. The van der Waals surface area contributed by atoms with Crippen LogP contribution in [-0.4, -0.2) is 7.05 Å². The summed E-state index contributed by atoms with van der Waals surface area (Å²) in [6, 6.07) is 16.8. The van der Waals surface area contributed by atoms with Crippen molar-refractivity contribution in [2.45, 2.75) is 26.3 Å². The van der Waals surface area contributed by atoms with Gasteiger partial charge in [-0.1, -0.05) is 31.2 Å². The van der Waals surface area contributed by atoms with Gasteiger partial charge >= 0.3 is 0 Å². The Kier molecular flexibility index (Phi) is 4.58. The SMILES string of the molecule is CCC(NC)c1ccc(Oc2cccc(C)c2)cc1. The lowest BCUT2D eigenvalue weighted by molar-refractivity contribution is 0.481. The summed E-state index contributed by atoms with van der Waals surface area (Å²) in [5, 5.41) is 3.30. The normalized spacial score (nSPS) is 12.2. The van der Waals surface area contributed by atoms with E-state index in [1.165, 1.54) is 11.1 Å². The maximum atomic E-state index is 5.84. The minimum absolute atomic E-state index is 0.410. The highest BCUT2D eigenvalue weighted by Crippen LogP contribution is 2.24. The second-order valence-electron chi connectivity index (χ2n) is 4.74. The molecular formula is C17H21NO. The summed E-state index contributed by atoms with van der Waals surface area (Å²) in [5.41, 5.74) is 2.50. The van der Waals surface area contributed by atoms with Crippen molar-refractivity contribution in [2.24, 2.45) is 0 Å². The number of hydrogen-bond acceptors (Lipinski definition) is 2. The molecule has 2 heteroatoms. The van der Waals surface area contributed by atoms with Gasteiger partial charge in [-0.15, -0.1) is 0 Å². The van der Waals surface area contributed by atoms with E-state index in [9.17, 15) is 0 Å². The van der Waals surface area contributed by atoms with E-state index in [2.05, 4.69) is 37.4 Å². The molecule has 100 valence electrons. The van der Waals surface area contributed by atoms with Crippen molar-refractivity contribution in [3.8, 4) is 11.5 Å². The molecule has 2 aromatic carbocycles. The smallest absolute Gasteiger partial charge is 0.127 e. The Bertz CT molecular complexity index is 515. The van der Waals surface area contributed by atoms with E-state index in [-0.39, 0.29) is 0 Å². The molecule has 0 heterocycles. The van der Waals surface area contributed by atoms with Crippen LogP contribution in [0.3, 0.4) is 0 Å². The Morgan fingerprint density at radius 2 is 1.79 bits per heavy atom. The maximum absolute atomic E-state index is 5.84. The van der Waals surface area contributed by atoms with Gasteiger partial charge in [0, 0.05) is 6.04 Å². The highest BCUT2D eigenvalue weighted by molar-refractivity contribution is 5.35. The van der Waals surface area contributed by atoms with Crippen molar-refractivity contribution < 1.29 is 4.74 Å². The molecular weight excluding hydrogens is 234 g/mol. The molecule has 0 aliphatic rings.